The van der Waals surface area contributed by atoms with E-state index in [0.29, 0.717) is 5.56 Å². The van der Waals surface area contributed by atoms with Crippen LogP contribution < -0.4 is 5.56 Å². The molecule has 0 aliphatic carbocycles. The fourth-order valence-electron chi connectivity index (χ4n) is 1.88. The topological polar surface area (TPSA) is 100 Å². The van der Waals surface area contributed by atoms with E-state index in [-0.39, 0.29) is 11.4 Å². The highest BCUT2D eigenvalue weighted by molar-refractivity contribution is 7.89. The van der Waals surface area contributed by atoms with Gasteiger partial charge in [-0.2, -0.15) is 4.98 Å². The van der Waals surface area contributed by atoms with Gasteiger partial charge in [-0.05, 0) is 12.5 Å². The van der Waals surface area contributed by atoms with Crippen molar-refractivity contribution in [2.75, 3.05) is 6.26 Å². The molecule has 0 saturated carbocycles. The third kappa shape index (κ3) is 3.24. The molecular formula is C13H14N2O4S. The molecule has 0 unspecified atom stereocenters. The largest absolute Gasteiger partial charge is 0.493 e. The molecular weight excluding hydrogens is 280 g/mol. The molecule has 0 amide bonds. The minimum Gasteiger partial charge on any atom is -0.493 e. The van der Waals surface area contributed by atoms with Crippen molar-refractivity contribution >= 4 is 9.84 Å². The number of H-pyrrole nitrogens is 1. The highest BCUT2D eigenvalue weighted by Crippen LogP contribution is 2.24. The summed E-state index contributed by atoms with van der Waals surface area (Å²) in [7, 11) is -3.34. The van der Waals surface area contributed by atoms with Crippen LogP contribution >= 0.6 is 0 Å². The lowest BCUT2D eigenvalue weighted by atomic mass is 10.1. The molecule has 1 aromatic carbocycles. The van der Waals surface area contributed by atoms with Crippen molar-refractivity contribution in [1.29, 1.82) is 0 Å². The van der Waals surface area contributed by atoms with Gasteiger partial charge in [-0.15, -0.1) is 0 Å². The first-order valence-electron chi connectivity index (χ1n) is 5.83. The van der Waals surface area contributed by atoms with E-state index in [1.807, 2.05) is 13.0 Å². The zero-order valence-electron chi connectivity index (χ0n) is 11.0. The molecule has 0 aliphatic rings. The average molecular weight is 294 g/mol. The van der Waals surface area contributed by atoms with E-state index in [1.54, 1.807) is 18.2 Å². The van der Waals surface area contributed by atoms with Gasteiger partial charge in [0.15, 0.2) is 9.84 Å². The van der Waals surface area contributed by atoms with Gasteiger partial charge >= 0.3 is 0 Å². The summed E-state index contributed by atoms with van der Waals surface area (Å²) in [6.45, 7) is 1.86. The van der Waals surface area contributed by atoms with Crippen LogP contribution in [-0.4, -0.2) is 29.7 Å². The average Bonchev–Trinajstić information content (AvgIpc) is 2.25. The Hall–Kier alpha value is -2.15. The summed E-state index contributed by atoms with van der Waals surface area (Å²) in [4.78, 5) is 18.1. The minimum absolute atomic E-state index is 0.0333. The zero-order valence-corrected chi connectivity index (χ0v) is 11.9. The maximum absolute atomic E-state index is 12.0. The van der Waals surface area contributed by atoms with Gasteiger partial charge in [0.1, 0.15) is 17.1 Å². The van der Waals surface area contributed by atoms with E-state index < -0.39 is 27.0 Å². The normalized spacial score (nSPS) is 11.5. The fraction of sp³-hybridized carbons (Fsp3) is 0.231. The molecule has 0 fully saturated rings. The monoisotopic (exact) mass is 294 g/mol. The third-order valence-corrected chi connectivity index (χ3v) is 3.45. The highest BCUT2D eigenvalue weighted by atomic mass is 32.2. The van der Waals surface area contributed by atoms with Gasteiger partial charge in [0.25, 0.3) is 5.56 Å². The molecule has 1 heterocycles. The fourth-order valence-corrected chi connectivity index (χ4v) is 2.52. The predicted octanol–water partition coefficient (Wildman–Crippen LogP) is 0.996. The third-order valence-electron chi connectivity index (χ3n) is 2.66. The van der Waals surface area contributed by atoms with Gasteiger partial charge < -0.3 is 10.1 Å². The van der Waals surface area contributed by atoms with Gasteiger partial charge in [0, 0.05) is 6.26 Å². The number of benzene rings is 1. The Balaban J connectivity index is 2.55. The summed E-state index contributed by atoms with van der Waals surface area (Å²) in [5, 5.41) is 9.89. The number of hydrogen-bond acceptors (Lipinski definition) is 5. The smallest absolute Gasteiger partial charge is 0.262 e. The minimum atomic E-state index is -3.34. The van der Waals surface area contributed by atoms with Crippen molar-refractivity contribution in [2.45, 2.75) is 12.7 Å². The van der Waals surface area contributed by atoms with Gasteiger partial charge in [0.05, 0.1) is 0 Å². The van der Waals surface area contributed by atoms with Crippen LogP contribution in [-0.2, 0) is 15.6 Å². The number of hydrogen-bond donors (Lipinski definition) is 2. The molecule has 0 bridgehead atoms. The Morgan fingerprint density at radius 2 is 2.05 bits per heavy atom. The van der Waals surface area contributed by atoms with Crippen LogP contribution in [0, 0.1) is 6.92 Å². The number of aryl methyl sites for hydroxylation is 1. The van der Waals surface area contributed by atoms with E-state index in [0.717, 1.165) is 11.8 Å². The molecule has 0 radical (unpaired) electrons. The van der Waals surface area contributed by atoms with Crippen LogP contribution in [0.1, 0.15) is 11.4 Å². The second-order valence-electron chi connectivity index (χ2n) is 4.65. The van der Waals surface area contributed by atoms with E-state index in [1.165, 1.54) is 0 Å². The molecule has 7 heteroatoms. The standard InChI is InChI=1S/C13H14N2O4S/c1-8-4-3-5-9(6-8)11-12(16)14-10(15-13(11)17)7-20(2,18)19/h3-6H,7H2,1-2H3,(H2,14,15,16,17). The summed E-state index contributed by atoms with van der Waals surface area (Å²) in [5.74, 6) is -0.978. The van der Waals surface area contributed by atoms with Crippen LogP contribution in [0.3, 0.4) is 0 Å². The number of rotatable bonds is 3. The SMILES string of the molecule is Cc1cccc(-c2c(O)nc(CS(C)(=O)=O)[nH]c2=O)c1. The molecule has 0 spiro atoms. The highest BCUT2D eigenvalue weighted by Gasteiger charge is 2.15. The van der Waals surface area contributed by atoms with E-state index >= 15 is 0 Å². The van der Waals surface area contributed by atoms with Crippen LogP contribution in [0.25, 0.3) is 11.1 Å². The lowest BCUT2D eigenvalue weighted by Gasteiger charge is -2.06. The first-order chi connectivity index (χ1) is 9.26. The zero-order chi connectivity index (χ0) is 14.9. The van der Waals surface area contributed by atoms with Crippen LogP contribution in [0.5, 0.6) is 5.88 Å². The van der Waals surface area contributed by atoms with Crippen molar-refractivity contribution < 1.29 is 13.5 Å². The Morgan fingerprint density at radius 1 is 1.35 bits per heavy atom. The molecule has 106 valence electrons. The molecule has 2 N–H and O–H groups in total. The van der Waals surface area contributed by atoms with Crippen molar-refractivity contribution in [3.63, 3.8) is 0 Å². The molecule has 1 aromatic heterocycles. The summed E-state index contributed by atoms with van der Waals surface area (Å²) in [6.07, 6.45) is 1.03. The first kappa shape index (κ1) is 14.3. The number of aromatic nitrogens is 2. The lowest BCUT2D eigenvalue weighted by molar-refractivity contribution is 0.451. The quantitative estimate of drug-likeness (QED) is 0.879. The Morgan fingerprint density at radius 3 is 2.60 bits per heavy atom. The molecule has 2 aromatic rings. The molecule has 20 heavy (non-hydrogen) atoms. The van der Waals surface area contributed by atoms with Crippen LogP contribution in [0.4, 0.5) is 0 Å². The summed E-state index contributed by atoms with van der Waals surface area (Å²) in [5.41, 5.74) is 0.927. The second-order valence-corrected chi connectivity index (χ2v) is 6.79. The van der Waals surface area contributed by atoms with Crippen LogP contribution in [0.2, 0.25) is 0 Å². The van der Waals surface area contributed by atoms with Gasteiger partial charge in [-0.1, -0.05) is 29.8 Å². The number of aromatic amines is 1. The predicted molar refractivity (Wildman–Crippen MR) is 75.2 cm³/mol. The van der Waals surface area contributed by atoms with Crippen molar-refractivity contribution in [3.8, 4) is 17.0 Å². The van der Waals surface area contributed by atoms with Crippen molar-refractivity contribution in [2.24, 2.45) is 0 Å². The van der Waals surface area contributed by atoms with Crippen molar-refractivity contribution in [3.05, 3.63) is 46.0 Å². The summed E-state index contributed by atoms with van der Waals surface area (Å²) < 4.78 is 22.4. The number of nitrogens with one attached hydrogen (secondary N) is 1. The number of nitrogens with zero attached hydrogens (tertiary/aromatic N) is 1. The number of sulfone groups is 1. The first-order valence-corrected chi connectivity index (χ1v) is 7.89. The van der Waals surface area contributed by atoms with Gasteiger partial charge in [-0.3, -0.25) is 4.79 Å². The maximum Gasteiger partial charge on any atom is 0.262 e. The van der Waals surface area contributed by atoms with Crippen molar-refractivity contribution in [1.82, 2.24) is 9.97 Å². The molecule has 2 rings (SSSR count). The maximum atomic E-state index is 12.0. The van der Waals surface area contributed by atoms with Crippen LogP contribution in [0.15, 0.2) is 29.1 Å². The van der Waals surface area contributed by atoms with E-state index in [2.05, 4.69) is 9.97 Å². The Labute approximate surface area is 116 Å². The molecule has 0 atom stereocenters. The molecule has 0 saturated heterocycles. The van der Waals surface area contributed by atoms with Gasteiger partial charge in [-0.25, -0.2) is 8.42 Å². The number of aromatic hydroxyl groups is 1. The Bertz CT molecular complexity index is 809. The summed E-state index contributed by atoms with van der Waals surface area (Å²) >= 11 is 0. The van der Waals surface area contributed by atoms with E-state index in [4.69, 9.17) is 0 Å². The Kier molecular flexibility index (Phi) is 3.63. The van der Waals surface area contributed by atoms with Gasteiger partial charge in [0.2, 0.25) is 5.88 Å². The lowest BCUT2D eigenvalue weighted by Crippen LogP contribution is -2.16. The molecule has 6 nitrogen and oxygen atoms in total. The second kappa shape index (κ2) is 5.09. The van der Waals surface area contributed by atoms with E-state index in [9.17, 15) is 18.3 Å². The molecule has 0 aliphatic heterocycles. The summed E-state index contributed by atoms with van der Waals surface area (Å²) in [6, 6.07) is 7.03.